The highest BCUT2D eigenvalue weighted by Crippen LogP contribution is 2.39. The second-order valence-corrected chi connectivity index (χ2v) is 4.86. The van der Waals surface area contributed by atoms with Gasteiger partial charge in [0.05, 0.1) is 0 Å². The molecule has 2 saturated carbocycles. The summed E-state index contributed by atoms with van der Waals surface area (Å²) in [6.45, 7) is 2.23. The van der Waals surface area contributed by atoms with Gasteiger partial charge >= 0.3 is 0 Å². The van der Waals surface area contributed by atoms with E-state index in [1.165, 1.54) is 44.2 Å². The second kappa shape index (κ2) is 4.87. The Bertz CT molecular complexity index is 267. The Labute approximate surface area is 93.6 Å². The van der Waals surface area contributed by atoms with Crippen LogP contribution >= 0.6 is 0 Å². The third kappa shape index (κ3) is 2.64. The largest absolute Gasteiger partial charge is 0.391 e. The molecule has 0 saturated heterocycles. The zero-order chi connectivity index (χ0) is 10.7. The summed E-state index contributed by atoms with van der Waals surface area (Å²) in [5, 5.41) is 3.40. The van der Waals surface area contributed by atoms with Crippen LogP contribution in [0.2, 0.25) is 0 Å². The number of hydrogen-bond acceptors (Lipinski definition) is 1. The first-order valence-corrected chi connectivity index (χ1v) is 6.44. The van der Waals surface area contributed by atoms with Gasteiger partial charge in [0, 0.05) is 12.7 Å². The first kappa shape index (κ1) is 10.8. The lowest BCUT2D eigenvalue weighted by Gasteiger charge is -2.28. The van der Waals surface area contributed by atoms with E-state index in [9.17, 15) is 0 Å². The highest BCUT2D eigenvalue weighted by atomic mass is 14.8. The van der Waals surface area contributed by atoms with Crippen molar-refractivity contribution in [2.75, 3.05) is 7.05 Å². The molecule has 0 aromatic heterocycles. The van der Waals surface area contributed by atoms with Crippen LogP contribution in [0.5, 0.6) is 0 Å². The fourth-order valence-electron chi connectivity index (χ4n) is 2.29. The van der Waals surface area contributed by atoms with Gasteiger partial charge in [-0.05, 0) is 55.6 Å². The van der Waals surface area contributed by atoms with Crippen LogP contribution in [0.25, 0.3) is 0 Å². The lowest BCUT2D eigenvalue weighted by Crippen LogP contribution is -2.22. The minimum atomic E-state index is 0.828. The molecule has 0 radical (unpaired) electrons. The minimum absolute atomic E-state index is 0.828. The van der Waals surface area contributed by atoms with Crippen molar-refractivity contribution in [1.82, 2.24) is 5.32 Å². The van der Waals surface area contributed by atoms with Gasteiger partial charge in [0.15, 0.2) is 0 Å². The zero-order valence-electron chi connectivity index (χ0n) is 10.1. The third-order valence-electron chi connectivity index (χ3n) is 3.64. The Hall–Kier alpha value is -0.720. The van der Waals surface area contributed by atoms with Crippen LogP contribution in [0.3, 0.4) is 0 Å². The van der Waals surface area contributed by atoms with Gasteiger partial charge in [0.2, 0.25) is 0 Å². The predicted molar refractivity (Wildman–Crippen MR) is 65.6 cm³/mol. The maximum atomic E-state index is 3.40. The Balaban J connectivity index is 2.05. The number of allylic oxidation sites excluding steroid dienone is 4. The van der Waals surface area contributed by atoms with Crippen LogP contribution in [-0.2, 0) is 0 Å². The standard InChI is InChI=1S/C14H23N/c1-3-5-13(11-8-9-11)10-14(15-2)12-6-4-7-12/h5,10-12,15H,3-4,6-9H2,1-2H3/b13-5-,14-10-. The molecule has 1 heteroatoms. The van der Waals surface area contributed by atoms with E-state index < -0.39 is 0 Å². The van der Waals surface area contributed by atoms with Crippen LogP contribution in [0.1, 0.15) is 45.4 Å². The Morgan fingerprint density at radius 1 is 1.20 bits per heavy atom. The molecular formula is C14H23N. The average Bonchev–Trinajstić information content (AvgIpc) is 2.96. The molecule has 0 aromatic rings. The lowest BCUT2D eigenvalue weighted by atomic mass is 9.82. The molecule has 0 aromatic carbocycles. The number of nitrogens with one attached hydrogen (secondary N) is 1. The van der Waals surface area contributed by atoms with Crippen LogP contribution in [0, 0.1) is 11.8 Å². The molecule has 0 unspecified atom stereocenters. The van der Waals surface area contributed by atoms with Crippen molar-refractivity contribution in [3.8, 4) is 0 Å². The lowest BCUT2D eigenvalue weighted by molar-refractivity contribution is 0.354. The fraction of sp³-hybridized carbons (Fsp3) is 0.714. The molecule has 2 aliphatic rings. The molecule has 1 N–H and O–H groups in total. The highest BCUT2D eigenvalue weighted by molar-refractivity contribution is 5.29. The molecule has 84 valence electrons. The summed E-state index contributed by atoms with van der Waals surface area (Å²) in [4.78, 5) is 0. The van der Waals surface area contributed by atoms with Gasteiger partial charge in [0.25, 0.3) is 0 Å². The predicted octanol–water partition coefficient (Wildman–Crippen LogP) is 3.64. The summed E-state index contributed by atoms with van der Waals surface area (Å²) < 4.78 is 0. The van der Waals surface area contributed by atoms with Gasteiger partial charge in [-0.3, -0.25) is 0 Å². The first-order chi connectivity index (χ1) is 7.35. The van der Waals surface area contributed by atoms with Crippen molar-refractivity contribution >= 4 is 0 Å². The van der Waals surface area contributed by atoms with Crippen LogP contribution in [-0.4, -0.2) is 7.05 Å². The first-order valence-electron chi connectivity index (χ1n) is 6.44. The monoisotopic (exact) mass is 205 g/mol. The Morgan fingerprint density at radius 2 is 1.93 bits per heavy atom. The topological polar surface area (TPSA) is 12.0 Å². The molecule has 0 aliphatic heterocycles. The molecule has 0 heterocycles. The molecule has 1 nitrogen and oxygen atoms in total. The number of rotatable bonds is 5. The van der Waals surface area contributed by atoms with Gasteiger partial charge in [0.1, 0.15) is 0 Å². The van der Waals surface area contributed by atoms with E-state index in [0.29, 0.717) is 0 Å². The van der Waals surface area contributed by atoms with Gasteiger partial charge < -0.3 is 5.32 Å². The molecule has 0 atom stereocenters. The van der Waals surface area contributed by atoms with E-state index in [4.69, 9.17) is 0 Å². The maximum absolute atomic E-state index is 3.40. The van der Waals surface area contributed by atoms with E-state index in [1.807, 2.05) is 0 Å². The van der Waals surface area contributed by atoms with Crippen molar-refractivity contribution in [3.05, 3.63) is 23.4 Å². The van der Waals surface area contributed by atoms with Gasteiger partial charge in [-0.2, -0.15) is 0 Å². The van der Waals surface area contributed by atoms with Crippen molar-refractivity contribution in [1.29, 1.82) is 0 Å². The second-order valence-electron chi connectivity index (χ2n) is 4.86. The van der Waals surface area contributed by atoms with Crippen LogP contribution < -0.4 is 5.32 Å². The summed E-state index contributed by atoms with van der Waals surface area (Å²) >= 11 is 0. The van der Waals surface area contributed by atoms with Crippen molar-refractivity contribution < 1.29 is 0 Å². The van der Waals surface area contributed by atoms with E-state index in [0.717, 1.165) is 11.8 Å². The number of hydrogen-bond donors (Lipinski definition) is 1. The summed E-state index contributed by atoms with van der Waals surface area (Å²) in [6.07, 6.45) is 13.0. The summed E-state index contributed by atoms with van der Waals surface area (Å²) in [7, 11) is 2.07. The van der Waals surface area contributed by atoms with Gasteiger partial charge in [-0.1, -0.05) is 19.4 Å². The third-order valence-corrected chi connectivity index (χ3v) is 3.64. The molecule has 2 aliphatic carbocycles. The van der Waals surface area contributed by atoms with E-state index in [1.54, 1.807) is 5.57 Å². The Kier molecular flexibility index (Phi) is 3.50. The average molecular weight is 205 g/mol. The highest BCUT2D eigenvalue weighted by Gasteiger charge is 2.26. The SMILES string of the molecule is CC/C=C(/C=C(\NC)C1CCC1)C1CC1. The van der Waals surface area contributed by atoms with Gasteiger partial charge in [-0.25, -0.2) is 0 Å². The van der Waals surface area contributed by atoms with Crippen molar-refractivity contribution in [2.45, 2.75) is 45.4 Å². The molecule has 0 spiro atoms. The molecule has 0 amide bonds. The van der Waals surface area contributed by atoms with Crippen molar-refractivity contribution in [2.24, 2.45) is 11.8 Å². The normalized spacial score (nSPS) is 23.9. The summed E-state index contributed by atoms with van der Waals surface area (Å²) in [6, 6.07) is 0. The Morgan fingerprint density at radius 3 is 2.33 bits per heavy atom. The maximum Gasteiger partial charge on any atom is 0.0138 e. The van der Waals surface area contributed by atoms with Crippen molar-refractivity contribution in [3.63, 3.8) is 0 Å². The van der Waals surface area contributed by atoms with Gasteiger partial charge in [-0.15, -0.1) is 0 Å². The fourth-order valence-corrected chi connectivity index (χ4v) is 2.29. The van der Waals surface area contributed by atoms with E-state index in [-0.39, 0.29) is 0 Å². The molecular weight excluding hydrogens is 182 g/mol. The minimum Gasteiger partial charge on any atom is -0.391 e. The smallest absolute Gasteiger partial charge is 0.0138 e. The summed E-state index contributed by atoms with van der Waals surface area (Å²) in [5.41, 5.74) is 3.07. The summed E-state index contributed by atoms with van der Waals surface area (Å²) in [5.74, 6) is 1.71. The molecule has 2 rings (SSSR count). The molecule has 0 bridgehead atoms. The molecule has 15 heavy (non-hydrogen) atoms. The zero-order valence-corrected chi connectivity index (χ0v) is 10.1. The quantitative estimate of drug-likeness (QED) is 0.676. The van der Waals surface area contributed by atoms with Crippen LogP contribution in [0.15, 0.2) is 23.4 Å². The van der Waals surface area contributed by atoms with Crippen LogP contribution in [0.4, 0.5) is 0 Å². The van der Waals surface area contributed by atoms with E-state index in [2.05, 4.69) is 31.4 Å². The molecule has 2 fully saturated rings. The van der Waals surface area contributed by atoms with E-state index >= 15 is 0 Å².